The van der Waals surface area contributed by atoms with Gasteiger partial charge in [-0.25, -0.2) is 9.97 Å². The van der Waals surface area contributed by atoms with E-state index in [1.165, 1.54) is 0 Å². The number of oxazole rings is 1. The van der Waals surface area contributed by atoms with Crippen molar-refractivity contribution in [3.8, 4) is 0 Å². The Morgan fingerprint density at radius 1 is 1.17 bits per heavy atom. The van der Waals surface area contributed by atoms with Crippen LogP contribution in [0, 0.1) is 6.92 Å². The molecular formula is C20H24N4O2S3. The molecule has 1 N–H and O–H groups in total. The number of hydrogen-bond acceptors (Lipinski definition) is 8. The van der Waals surface area contributed by atoms with E-state index in [-0.39, 0.29) is 5.91 Å². The van der Waals surface area contributed by atoms with Crippen molar-refractivity contribution in [3.63, 3.8) is 0 Å². The Bertz CT molecular complexity index is 919. The molecule has 6 nitrogen and oxygen atoms in total. The fourth-order valence-corrected chi connectivity index (χ4v) is 4.90. The molecule has 1 amide bonds. The minimum atomic E-state index is 0.0407. The highest BCUT2D eigenvalue weighted by molar-refractivity contribution is 7.99. The maximum absolute atomic E-state index is 12.4. The van der Waals surface area contributed by atoms with Crippen molar-refractivity contribution >= 4 is 58.1 Å². The first kappa shape index (κ1) is 22.0. The number of anilines is 1. The number of thioether (sulfide) groups is 3. The van der Waals surface area contributed by atoms with Crippen LogP contribution in [-0.2, 0) is 4.79 Å². The van der Waals surface area contributed by atoms with Crippen molar-refractivity contribution in [3.05, 3.63) is 30.1 Å². The van der Waals surface area contributed by atoms with E-state index in [0.29, 0.717) is 22.9 Å². The van der Waals surface area contributed by atoms with Gasteiger partial charge in [-0.3, -0.25) is 4.79 Å². The fraction of sp³-hybridized carbons (Fsp3) is 0.400. The summed E-state index contributed by atoms with van der Waals surface area (Å²) >= 11 is 4.77. The Labute approximate surface area is 183 Å². The number of nitrogens with one attached hydrogen (secondary N) is 1. The highest BCUT2D eigenvalue weighted by Gasteiger charge is 2.13. The standard InChI is InChI=1S/C20H24N4O2S3/c1-13-12-15(27-2)17(19(22-13)28-3)23-16(25)9-5-4-6-11-29-20-24-18-14(26-20)8-7-10-21-18/h7-8,10,12H,4-6,9,11H2,1-3H3,(H,23,25). The van der Waals surface area contributed by atoms with Gasteiger partial charge < -0.3 is 9.73 Å². The molecule has 0 bridgehead atoms. The van der Waals surface area contributed by atoms with Crippen molar-refractivity contribution in [2.45, 2.75) is 47.8 Å². The van der Waals surface area contributed by atoms with Crippen LogP contribution in [0.15, 0.2) is 44.0 Å². The molecule has 3 aromatic heterocycles. The lowest BCUT2D eigenvalue weighted by Crippen LogP contribution is -2.13. The highest BCUT2D eigenvalue weighted by atomic mass is 32.2. The monoisotopic (exact) mass is 448 g/mol. The topological polar surface area (TPSA) is 80.9 Å². The maximum atomic E-state index is 12.4. The molecule has 0 saturated heterocycles. The summed E-state index contributed by atoms with van der Waals surface area (Å²) in [6.07, 6.45) is 9.04. The van der Waals surface area contributed by atoms with Crippen molar-refractivity contribution in [2.75, 3.05) is 23.6 Å². The molecule has 0 unspecified atom stereocenters. The number of fused-ring (bicyclic) bond motifs is 1. The predicted octanol–water partition coefficient (Wildman–Crippen LogP) is 5.66. The first-order valence-electron chi connectivity index (χ1n) is 9.34. The Balaban J connectivity index is 1.40. The van der Waals surface area contributed by atoms with Crippen LogP contribution < -0.4 is 5.32 Å². The van der Waals surface area contributed by atoms with E-state index in [0.717, 1.165) is 46.3 Å². The second kappa shape index (κ2) is 10.9. The molecule has 0 atom stereocenters. The quantitative estimate of drug-likeness (QED) is 0.314. The number of amides is 1. The van der Waals surface area contributed by atoms with Crippen LogP contribution in [0.1, 0.15) is 31.4 Å². The Morgan fingerprint density at radius 2 is 2.03 bits per heavy atom. The summed E-state index contributed by atoms with van der Waals surface area (Å²) in [6, 6.07) is 5.72. The average Bonchev–Trinajstić information content (AvgIpc) is 3.14. The SMILES string of the molecule is CSc1cc(C)nc(SC)c1NC(=O)CCCCCSc1nc2ncccc2o1. The van der Waals surface area contributed by atoms with Crippen LogP contribution in [0.3, 0.4) is 0 Å². The van der Waals surface area contributed by atoms with E-state index in [1.807, 2.05) is 37.6 Å². The molecule has 0 aliphatic rings. The number of hydrogen-bond donors (Lipinski definition) is 1. The third kappa shape index (κ3) is 6.13. The second-order valence-electron chi connectivity index (χ2n) is 6.36. The van der Waals surface area contributed by atoms with Gasteiger partial charge in [0.25, 0.3) is 5.22 Å². The molecule has 3 rings (SSSR count). The number of aromatic nitrogens is 3. The normalized spacial score (nSPS) is 11.1. The van der Waals surface area contributed by atoms with Crippen molar-refractivity contribution in [2.24, 2.45) is 0 Å². The number of aryl methyl sites for hydroxylation is 1. The van der Waals surface area contributed by atoms with E-state index >= 15 is 0 Å². The average molecular weight is 449 g/mol. The third-order valence-corrected chi connectivity index (χ3v) is 6.53. The molecule has 0 saturated carbocycles. The zero-order valence-electron chi connectivity index (χ0n) is 16.7. The van der Waals surface area contributed by atoms with E-state index in [1.54, 1.807) is 41.5 Å². The lowest BCUT2D eigenvalue weighted by Gasteiger charge is -2.13. The van der Waals surface area contributed by atoms with Gasteiger partial charge in [0.2, 0.25) is 5.91 Å². The summed E-state index contributed by atoms with van der Waals surface area (Å²) in [5.74, 6) is 0.947. The Morgan fingerprint density at radius 3 is 2.79 bits per heavy atom. The number of carbonyl (C=O) groups excluding carboxylic acids is 1. The van der Waals surface area contributed by atoms with E-state index in [9.17, 15) is 4.79 Å². The van der Waals surface area contributed by atoms with Crippen molar-refractivity contribution in [1.82, 2.24) is 15.0 Å². The number of pyridine rings is 2. The fourth-order valence-electron chi connectivity index (χ4n) is 2.78. The minimum Gasteiger partial charge on any atom is -0.430 e. The van der Waals surface area contributed by atoms with Crippen molar-refractivity contribution in [1.29, 1.82) is 0 Å². The van der Waals surface area contributed by atoms with E-state index in [4.69, 9.17) is 4.42 Å². The maximum Gasteiger partial charge on any atom is 0.258 e. The number of carbonyl (C=O) groups is 1. The lowest BCUT2D eigenvalue weighted by atomic mass is 10.2. The smallest absolute Gasteiger partial charge is 0.258 e. The van der Waals surface area contributed by atoms with Gasteiger partial charge in [-0.15, -0.1) is 23.5 Å². The van der Waals surface area contributed by atoms with Crippen LogP contribution in [0.4, 0.5) is 5.69 Å². The number of unbranched alkanes of at least 4 members (excludes halogenated alkanes) is 2. The predicted molar refractivity (Wildman–Crippen MR) is 122 cm³/mol. The van der Waals surface area contributed by atoms with Gasteiger partial charge in [0.1, 0.15) is 5.03 Å². The Kier molecular flexibility index (Phi) is 8.26. The van der Waals surface area contributed by atoms with Gasteiger partial charge in [0.15, 0.2) is 11.2 Å². The van der Waals surface area contributed by atoms with Crippen LogP contribution in [0.25, 0.3) is 11.2 Å². The van der Waals surface area contributed by atoms with Gasteiger partial charge in [-0.1, -0.05) is 18.2 Å². The zero-order valence-corrected chi connectivity index (χ0v) is 19.2. The molecule has 3 aromatic rings. The van der Waals surface area contributed by atoms with Gasteiger partial charge in [0, 0.05) is 29.0 Å². The molecular weight excluding hydrogens is 424 g/mol. The van der Waals surface area contributed by atoms with Gasteiger partial charge in [-0.2, -0.15) is 4.98 Å². The Hall–Kier alpha value is -1.71. The molecule has 0 radical (unpaired) electrons. The highest BCUT2D eigenvalue weighted by Crippen LogP contribution is 2.33. The van der Waals surface area contributed by atoms with Gasteiger partial charge >= 0.3 is 0 Å². The first-order valence-corrected chi connectivity index (χ1v) is 12.8. The van der Waals surface area contributed by atoms with Crippen LogP contribution >= 0.6 is 35.3 Å². The van der Waals surface area contributed by atoms with Gasteiger partial charge in [0.05, 0.1) is 5.69 Å². The number of nitrogens with zero attached hydrogens (tertiary/aromatic N) is 3. The van der Waals surface area contributed by atoms with Crippen molar-refractivity contribution < 1.29 is 9.21 Å². The van der Waals surface area contributed by atoms with Crippen LogP contribution in [0.5, 0.6) is 0 Å². The molecule has 9 heteroatoms. The zero-order chi connectivity index (χ0) is 20.6. The largest absolute Gasteiger partial charge is 0.430 e. The first-order chi connectivity index (χ1) is 14.1. The molecule has 0 aliphatic carbocycles. The molecule has 154 valence electrons. The number of rotatable bonds is 10. The third-order valence-electron chi connectivity index (χ3n) is 4.17. The summed E-state index contributed by atoms with van der Waals surface area (Å²) < 4.78 is 5.65. The summed E-state index contributed by atoms with van der Waals surface area (Å²) in [4.78, 5) is 26.5. The summed E-state index contributed by atoms with van der Waals surface area (Å²) in [7, 11) is 0. The summed E-state index contributed by atoms with van der Waals surface area (Å²) in [5, 5.41) is 4.58. The molecule has 0 fully saturated rings. The minimum absolute atomic E-state index is 0.0407. The summed E-state index contributed by atoms with van der Waals surface area (Å²) in [5.41, 5.74) is 3.16. The van der Waals surface area contributed by atoms with Gasteiger partial charge in [-0.05, 0) is 50.5 Å². The van der Waals surface area contributed by atoms with E-state index < -0.39 is 0 Å². The molecule has 3 heterocycles. The second-order valence-corrected chi connectivity index (χ2v) is 9.05. The lowest BCUT2D eigenvalue weighted by molar-refractivity contribution is -0.116. The molecule has 0 aliphatic heterocycles. The molecule has 0 spiro atoms. The summed E-state index contributed by atoms with van der Waals surface area (Å²) in [6.45, 7) is 1.97. The van der Waals surface area contributed by atoms with Crippen LogP contribution in [0.2, 0.25) is 0 Å². The van der Waals surface area contributed by atoms with E-state index in [2.05, 4.69) is 20.3 Å². The molecule has 29 heavy (non-hydrogen) atoms. The van der Waals surface area contributed by atoms with Crippen LogP contribution in [-0.4, -0.2) is 39.1 Å². The molecule has 0 aromatic carbocycles.